The van der Waals surface area contributed by atoms with Crippen molar-refractivity contribution in [3.05, 3.63) is 92.1 Å². The van der Waals surface area contributed by atoms with Crippen molar-refractivity contribution in [1.82, 2.24) is 4.31 Å². The van der Waals surface area contributed by atoms with E-state index >= 15 is 0 Å². The molecule has 1 atom stereocenters. The molecule has 0 saturated carbocycles. The number of sulfonamides is 1. The second-order valence-corrected chi connectivity index (χ2v) is 11.7. The first kappa shape index (κ1) is 25.1. The lowest BCUT2D eigenvalue weighted by Gasteiger charge is -2.28. The van der Waals surface area contributed by atoms with Gasteiger partial charge >= 0.3 is 0 Å². The monoisotopic (exact) mass is 584 g/mol. The first-order valence-electron chi connectivity index (χ1n) is 10.4. The van der Waals surface area contributed by atoms with E-state index in [1.807, 2.05) is 25.1 Å². The van der Waals surface area contributed by atoms with Crippen molar-refractivity contribution in [1.29, 1.82) is 0 Å². The summed E-state index contributed by atoms with van der Waals surface area (Å²) in [6.45, 7) is 1.00. The highest BCUT2D eigenvalue weighted by Crippen LogP contribution is 2.35. The van der Waals surface area contributed by atoms with Crippen LogP contribution in [-0.2, 0) is 27.8 Å². The Hall–Kier alpha value is -1.97. The topological polar surface area (TPSA) is 57.7 Å². The van der Waals surface area contributed by atoms with E-state index in [4.69, 9.17) is 23.2 Å². The number of rotatable bonds is 6. The van der Waals surface area contributed by atoms with Crippen molar-refractivity contribution in [3.8, 4) is 0 Å². The van der Waals surface area contributed by atoms with Gasteiger partial charge in [0.1, 0.15) is 5.82 Å². The van der Waals surface area contributed by atoms with Crippen LogP contribution in [0.15, 0.2) is 70.0 Å². The summed E-state index contributed by atoms with van der Waals surface area (Å²) in [7, 11) is -4.18. The molecule has 10 heteroatoms. The van der Waals surface area contributed by atoms with E-state index in [0.29, 0.717) is 11.4 Å². The molecule has 0 aliphatic carbocycles. The summed E-state index contributed by atoms with van der Waals surface area (Å²) in [5, 5.41) is 0.445. The van der Waals surface area contributed by atoms with Gasteiger partial charge < -0.3 is 4.90 Å². The van der Waals surface area contributed by atoms with E-state index in [1.165, 1.54) is 42.5 Å². The highest BCUT2D eigenvalue weighted by atomic mass is 79.9. The predicted octanol–water partition coefficient (Wildman–Crippen LogP) is 6.06. The molecule has 1 aliphatic heterocycles. The molecule has 0 radical (unpaired) electrons. The molecular weight excluding hydrogens is 566 g/mol. The second-order valence-electron chi connectivity index (χ2n) is 8.02. The van der Waals surface area contributed by atoms with Gasteiger partial charge in [0.25, 0.3) is 0 Å². The van der Waals surface area contributed by atoms with Gasteiger partial charge in [-0.05, 0) is 73.5 Å². The van der Waals surface area contributed by atoms with Crippen LogP contribution in [0.4, 0.5) is 10.1 Å². The lowest BCUT2D eigenvalue weighted by Crippen LogP contribution is -2.45. The van der Waals surface area contributed by atoms with Crippen LogP contribution in [0.3, 0.4) is 0 Å². The number of nitrogens with zero attached hydrogens (tertiary/aromatic N) is 2. The summed E-state index contributed by atoms with van der Waals surface area (Å²) in [6.07, 6.45) is 0.642. The molecule has 4 rings (SSSR count). The number of benzene rings is 3. The predicted molar refractivity (Wildman–Crippen MR) is 135 cm³/mol. The van der Waals surface area contributed by atoms with Gasteiger partial charge in [0.2, 0.25) is 15.9 Å². The Kier molecular flexibility index (Phi) is 7.36. The van der Waals surface area contributed by atoms with E-state index in [-0.39, 0.29) is 21.5 Å². The van der Waals surface area contributed by atoms with Crippen LogP contribution in [0.5, 0.6) is 0 Å². The summed E-state index contributed by atoms with van der Waals surface area (Å²) >= 11 is 15.5. The van der Waals surface area contributed by atoms with Crippen molar-refractivity contribution in [2.24, 2.45) is 0 Å². The van der Waals surface area contributed by atoms with Crippen molar-refractivity contribution >= 4 is 60.7 Å². The highest BCUT2D eigenvalue weighted by molar-refractivity contribution is 9.10. The quantitative estimate of drug-likeness (QED) is 0.353. The molecule has 1 aliphatic rings. The van der Waals surface area contributed by atoms with Gasteiger partial charge in [0.15, 0.2) is 0 Å². The van der Waals surface area contributed by atoms with Crippen molar-refractivity contribution in [2.75, 3.05) is 11.4 Å². The number of hydrogen-bond acceptors (Lipinski definition) is 3. The lowest BCUT2D eigenvalue weighted by molar-refractivity contribution is -0.119. The lowest BCUT2D eigenvalue weighted by atomic mass is 10.1. The minimum atomic E-state index is -4.18. The molecule has 1 amide bonds. The maximum Gasteiger partial charge on any atom is 0.243 e. The zero-order valence-electron chi connectivity index (χ0n) is 18.0. The molecule has 34 heavy (non-hydrogen) atoms. The largest absolute Gasteiger partial charge is 0.308 e. The average molecular weight is 586 g/mol. The van der Waals surface area contributed by atoms with Crippen molar-refractivity contribution < 1.29 is 17.6 Å². The Balaban J connectivity index is 1.71. The maximum atomic E-state index is 14.6. The standard InChI is InChI=1S/C24H20BrCl2FN2O3S/c1-15-11-16-12-17(25)5-10-23(16)30(15)24(31)14-29(13-20-21(27)3-2-4-22(20)28)34(32,33)19-8-6-18(26)7-9-19/h2-10,12,15H,11,13-14H2,1H3/t15-/m1/s1. The minimum Gasteiger partial charge on any atom is -0.308 e. The van der Waals surface area contributed by atoms with Gasteiger partial charge in [-0.15, -0.1) is 0 Å². The van der Waals surface area contributed by atoms with Crippen LogP contribution in [-0.4, -0.2) is 31.2 Å². The molecule has 0 spiro atoms. The third-order valence-corrected chi connectivity index (χ3v) is 8.59. The Morgan fingerprint density at radius 2 is 1.85 bits per heavy atom. The number of fused-ring (bicyclic) bond motifs is 1. The smallest absolute Gasteiger partial charge is 0.243 e. The summed E-state index contributed by atoms with van der Waals surface area (Å²) in [6, 6.07) is 15.2. The number of carbonyl (C=O) groups excluding carboxylic acids is 1. The Morgan fingerprint density at radius 3 is 2.53 bits per heavy atom. The van der Waals surface area contributed by atoms with Gasteiger partial charge in [-0.25, -0.2) is 12.8 Å². The Bertz CT molecular complexity index is 1330. The van der Waals surface area contributed by atoms with Crippen molar-refractivity contribution in [2.45, 2.75) is 30.8 Å². The molecule has 0 bridgehead atoms. The Morgan fingerprint density at radius 1 is 1.15 bits per heavy atom. The van der Waals surface area contributed by atoms with Crippen LogP contribution < -0.4 is 4.90 Å². The second kappa shape index (κ2) is 9.95. The first-order valence-corrected chi connectivity index (χ1v) is 13.4. The normalized spacial score (nSPS) is 15.6. The Labute approximate surface area is 216 Å². The number of hydrogen-bond donors (Lipinski definition) is 0. The fourth-order valence-corrected chi connectivity index (χ4v) is 6.16. The molecule has 0 fully saturated rings. The van der Waals surface area contributed by atoms with Crippen molar-refractivity contribution in [3.63, 3.8) is 0 Å². The van der Waals surface area contributed by atoms with Crippen LogP contribution in [0.2, 0.25) is 10.0 Å². The van der Waals surface area contributed by atoms with Gasteiger partial charge in [-0.1, -0.05) is 45.2 Å². The fraction of sp³-hybridized carbons (Fsp3) is 0.208. The van der Waals surface area contributed by atoms with Crippen LogP contribution in [0.1, 0.15) is 18.1 Å². The van der Waals surface area contributed by atoms with E-state index in [2.05, 4.69) is 15.9 Å². The number of amides is 1. The van der Waals surface area contributed by atoms with Gasteiger partial charge in [0.05, 0.1) is 11.4 Å². The van der Waals surface area contributed by atoms with Gasteiger partial charge in [-0.3, -0.25) is 4.79 Å². The molecule has 0 unspecified atom stereocenters. The number of carbonyl (C=O) groups is 1. The molecular formula is C24H20BrCl2FN2O3S. The average Bonchev–Trinajstić information content (AvgIpc) is 3.10. The van der Waals surface area contributed by atoms with E-state index in [0.717, 1.165) is 20.0 Å². The zero-order chi connectivity index (χ0) is 24.6. The molecule has 0 N–H and O–H groups in total. The molecule has 3 aromatic rings. The van der Waals surface area contributed by atoms with Crippen LogP contribution >= 0.6 is 39.1 Å². The maximum absolute atomic E-state index is 14.6. The summed E-state index contributed by atoms with van der Waals surface area (Å²) in [4.78, 5) is 15.0. The number of halogens is 4. The first-order chi connectivity index (χ1) is 16.1. The zero-order valence-corrected chi connectivity index (χ0v) is 21.9. The van der Waals surface area contributed by atoms with E-state index in [9.17, 15) is 17.6 Å². The molecule has 0 saturated heterocycles. The van der Waals surface area contributed by atoms with Gasteiger partial charge in [0, 0.05) is 38.4 Å². The molecule has 0 aromatic heterocycles. The number of anilines is 1. The molecule has 1 heterocycles. The van der Waals surface area contributed by atoms with Crippen LogP contribution in [0, 0.1) is 5.82 Å². The van der Waals surface area contributed by atoms with E-state index < -0.39 is 34.8 Å². The fourth-order valence-electron chi connectivity index (χ4n) is 4.05. The SMILES string of the molecule is C[C@@H]1Cc2cc(Br)ccc2N1C(=O)CN(Cc1c(F)cccc1Cl)S(=O)(=O)c1ccc(Cl)cc1. The molecule has 178 valence electrons. The summed E-state index contributed by atoms with van der Waals surface area (Å²) in [5.41, 5.74) is 1.71. The summed E-state index contributed by atoms with van der Waals surface area (Å²) < 4.78 is 43.5. The third-order valence-electron chi connectivity index (χ3n) is 5.69. The summed E-state index contributed by atoms with van der Waals surface area (Å²) in [5.74, 6) is -1.07. The molecule has 5 nitrogen and oxygen atoms in total. The van der Waals surface area contributed by atoms with Gasteiger partial charge in [-0.2, -0.15) is 4.31 Å². The van der Waals surface area contributed by atoms with E-state index in [1.54, 1.807) is 4.90 Å². The van der Waals surface area contributed by atoms with Crippen LogP contribution in [0.25, 0.3) is 0 Å². The third kappa shape index (κ3) is 5.02. The molecule has 3 aromatic carbocycles. The minimum absolute atomic E-state index is 0.00620. The highest BCUT2D eigenvalue weighted by Gasteiger charge is 2.35.